The van der Waals surface area contributed by atoms with Gasteiger partial charge in [0.15, 0.2) is 0 Å². The summed E-state index contributed by atoms with van der Waals surface area (Å²) in [6.07, 6.45) is 1.06. The Labute approximate surface area is 64.9 Å². The number of carboxylic acids is 1. The van der Waals surface area contributed by atoms with E-state index in [4.69, 9.17) is 5.11 Å². The Morgan fingerprint density at radius 1 is 1.55 bits per heavy atom. The summed E-state index contributed by atoms with van der Waals surface area (Å²) in [4.78, 5) is 20.9. The zero-order chi connectivity index (χ0) is 8.85. The first kappa shape index (κ1) is 9.68. The summed E-state index contributed by atoms with van der Waals surface area (Å²) in [5.41, 5.74) is 0.0379. The van der Waals surface area contributed by atoms with Crippen molar-refractivity contribution in [2.24, 2.45) is 0 Å². The van der Waals surface area contributed by atoms with Gasteiger partial charge in [0.2, 0.25) is 5.91 Å². The summed E-state index contributed by atoms with van der Waals surface area (Å²) in [7, 11) is 0. The number of aliphatic carboxylic acids is 1. The SMILES string of the molecule is CCNC(=O)/C=C(/C)C(=O)O. The maximum atomic E-state index is 10.7. The van der Waals surface area contributed by atoms with Crippen LogP contribution in [-0.4, -0.2) is 23.5 Å². The van der Waals surface area contributed by atoms with Crippen molar-refractivity contribution in [1.82, 2.24) is 5.32 Å². The van der Waals surface area contributed by atoms with Gasteiger partial charge in [-0.25, -0.2) is 4.79 Å². The number of carboxylic acid groups (broad SMARTS) is 1. The second-order valence-corrected chi connectivity index (χ2v) is 2.03. The highest BCUT2D eigenvalue weighted by atomic mass is 16.4. The molecule has 0 bridgehead atoms. The fourth-order valence-corrected chi connectivity index (χ4v) is 0.484. The van der Waals surface area contributed by atoms with E-state index < -0.39 is 5.97 Å². The molecular weight excluding hydrogens is 146 g/mol. The van der Waals surface area contributed by atoms with Gasteiger partial charge in [0.1, 0.15) is 0 Å². The Morgan fingerprint density at radius 2 is 2.09 bits per heavy atom. The second-order valence-electron chi connectivity index (χ2n) is 2.03. The number of nitrogens with one attached hydrogen (secondary N) is 1. The van der Waals surface area contributed by atoms with Gasteiger partial charge in [-0.2, -0.15) is 0 Å². The first-order valence-corrected chi connectivity index (χ1v) is 3.27. The minimum absolute atomic E-state index is 0.0379. The summed E-state index contributed by atoms with van der Waals surface area (Å²) in [6, 6.07) is 0. The topological polar surface area (TPSA) is 66.4 Å². The van der Waals surface area contributed by atoms with E-state index in [1.54, 1.807) is 6.92 Å². The van der Waals surface area contributed by atoms with E-state index in [1.807, 2.05) is 0 Å². The molecule has 0 aliphatic heterocycles. The first-order valence-electron chi connectivity index (χ1n) is 3.27. The zero-order valence-corrected chi connectivity index (χ0v) is 6.55. The van der Waals surface area contributed by atoms with Crippen LogP contribution >= 0.6 is 0 Å². The highest BCUT2D eigenvalue weighted by Gasteiger charge is 2.01. The maximum absolute atomic E-state index is 10.7. The Bertz CT molecular complexity index is 196. The van der Waals surface area contributed by atoms with Gasteiger partial charge in [0.25, 0.3) is 0 Å². The summed E-state index contributed by atoms with van der Waals surface area (Å²) in [5.74, 6) is -1.44. The lowest BCUT2D eigenvalue weighted by molar-refractivity contribution is -0.133. The molecule has 0 aliphatic carbocycles. The van der Waals surface area contributed by atoms with Crippen molar-refractivity contribution >= 4 is 11.9 Å². The van der Waals surface area contributed by atoms with E-state index >= 15 is 0 Å². The molecule has 4 nitrogen and oxygen atoms in total. The van der Waals surface area contributed by atoms with Gasteiger partial charge in [0.05, 0.1) is 0 Å². The molecule has 0 aliphatic rings. The molecule has 0 aromatic rings. The van der Waals surface area contributed by atoms with Crippen LogP contribution in [0.5, 0.6) is 0 Å². The lowest BCUT2D eigenvalue weighted by Gasteiger charge is -1.95. The van der Waals surface area contributed by atoms with Gasteiger partial charge in [0, 0.05) is 18.2 Å². The van der Waals surface area contributed by atoms with Crippen molar-refractivity contribution in [1.29, 1.82) is 0 Å². The van der Waals surface area contributed by atoms with E-state index in [0.717, 1.165) is 6.08 Å². The summed E-state index contributed by atoms with van der Waals surface area (Å²) in [5, 5.41) is 10.8. The highest BCUT2D eigenvalue weighted by molar-refractivity contribution is 5.97. The Kier molecular flexibility index (Phi) is 3.95. The minimum Gasteiger partial charge on any atom is -0.478 e. The lowest BCUT2D eigenvalue weighted by atomic mass is 10.3. The van der Waals surface area contributed by atoms with Crippen LogP contribution in [0.15, 0.2) is 11.6 Å². The van der Waals surface area contributed by atoms with Crippen molar-refractivity contribution in [3.8, 4) is 0 Å². The van der Waals surface area contributed by atoms with Crippen molar-refractivity contribution < 1.29 is 14.7 Å². The molecule has 0 aromatic carbocycles. The third-order valence-electron chi connectivity index (χ3n) is 1.04. The van der Waals surface area contributed by atoms with Crippen LogP contribution in [0, 0.1) is 0 Å². The minimum atomic E-state index is -1.07. The molecule has 11 heavy (non-hydrogen) atoms. The molecule has 4 heteroatoms. The predicted molar refractivity (Wildman–Crippen MR) is 40.1 cm³/mol. The molecule has 0 atom stereocenters. The number of likely N-dealkylation sites (N-methyl/N-ethyl adjacent to an activating group) is 1. The summed E-state index contributed by atoms with van der Waals surface area (Å²) < 4.78 is 0. The number of hydrogen-bond acceptors (Lipinski definition) is 2. The van der Waals surface area contributed by atoms with Gasteiger partial charge in [-0.05, 0) is 13.8 Å². The van der Waals surface area contributed by atoms with Gasteiger partial charge >= 0.3 is 5.97 Å². The van der Waals surface area contributed by atoms with Crippen molar-refractivity contribution in [3.05, 3.63) is 11.6 Å². The molecule has 1 amide bonds. The van der Waals surface area contributed by atoms with Crippen LogP contribution in [-0.2, 0) is 9.59 Å². The van der Waals surface area contributed by atoms with Gasteiger partial charge in [-0.15, -0.1) is 0 Å². The van der Waals surface area contributed by atoms with Crippen LogP contribution in [0.4, 0.5) is 0 Å². The van der Waals surface area contributed by atoms with Gasteiger partial charge in [-0.3, -0.25) is 4.79 Å². The molecule has 0 heterocycles. The van der Waals surface area contributed by atoms with Crippen LogP contribution in [0.3, 0.4) is 0 Å². The van der Waals surface area contributed by atoms with E-state index in [1.165, 1.54) is 6.92 Å². The molecule has 0 fully saturated rings. The standard InChI is InChI=1S/C7H11NO3/c1-3-8-6(9)4-5(2)7(10)11/h4H,3H2,1-2H3,(H,8,9)(H,10,11)/b5-4-. The van der Waals surface area contributed by atoms with Crippen LogP contribution < -0.4 is 5.32 Å². The molecule has 62 valence electrons. The Hall–Kier alpha value is -1.32. The molecule has 0 radical (unpaired) electrons. The van der Waals surface area contributed by atoms with E-state index in [9.17, 15) is 9.59 Å². The molecular formula is C7H11NO3. The van der Waals surface area contributed by atoms with E-state index in [0.29, 0.717) is 6.54 Å². The molecule has 0 rings (SSSR count). The summed E-state index contributed by atoms with van der Waals surface area (Å²) >= 11 is 0. The fraction of sp³-hybridized carbons (Fsp3) is 0.429. The van der Waals surface area contributed by atoms with Crippen molar-refractivity contribution in [2.75, 3.05) is 6.54 Å². The highest BCUT2D eigenvalue weighted by Crippen LogP contribution is 1.90. The van der Waals surface area contributed by atoms with E-state index in [-0.39, 0.29) is 11.5 Å². The largest absolute Gasteiger partial charge is 0.478 e. The number of rotatable bonds is 3. The Morgan fingerprint density at radius 3 is 2.45 bits per heavy atom. The fourth-order valence-electron chi connectivity index (χ4n) is 0.484. The monoisotopic (exact) mass is 157 g/mol. The number of hydrogen-bond donors (Lipinski definition) is 2. The van der Waals surface area contributed by atoms with E-state index in [2.05, 4.69) is 5.32 Å². The quantitative estimate of drug-likeness (QED) is 0.573. The molecule has 0 unspecified atom stereocenters. The maximum Gasteiger partial charge on any atom is 0.331 e. The number of carbonyl (C=O) groups excluding carboxylic acids is 1. The average Bonchev–Trinajstić information content (AvgIpc) is 1.87. The van der Waals surface area contributed by atoms with Crippen molar-refractivity contribution in [2.45, 2.75) is 13.8 Å². The molecule has 0 saturated carbocycles. The van der Waals surface area contributed by atoms with Gasteiger partial charge < -0.3 is 10.4 Å². The number of amides is 1. The lowest BCUT2D eigenvalue weighted by Crippen LogP contribution is -2.21. The first-order chi connectivity index (χ1) is 5.07. The predicted octanol–water partition coefficient (Wildman–Crippen LogP) is 0.153. The summed E-state index contributed by atoms with van der Waals surface area (Å²) in [6.45, 7) is 3.64. The Balaban J connectivity index is 4.08. The van der Waals surface area contributed by atoms with Crippen LogP contribution in [0.1, 0.15) is 13.8 Å². The molecule has 0 saturated heterocycles. The second kappa shape index (κ2) is 4.49. The van der Waals surface area contributed by atoms with Crippen LogP contribution in [0.25, 0.3) is 0 Å². The molecule has 0 aromatic heterocycles. The molecule has 2 N–H and O–H groups in total. The van der Waals surface area contributed by atoms with Crippen molar-refractivity contribution in [3.63, 3.8) is 0 Å². The third-order valence-corrected chi connectivity index (χ3v) is 1.04. The zero-order valence-electron chi connectivity index (χ0n) is 6.55. The van der Waals surface area contributed by atoms with Crippen LogP contribution in [0.2, 0.25) is 0 Å². The molecule has 0 spiro atoms. The number of carbonyl (C=O) groups is 2. The normalized spacial score (nSPS) is 10.9. The third kappa shape index (κ3) is 4.13. The average molecular weight is 157 g/mol. The van der Waals surface area contributed by atoms with Gasteiger partial charge in [-0.1, -0.05) is 0 Å². The smallest absolute Gasteiger partial charge is 0.331 e.